The maximum atomic E-state index is 12.2. The smallest absolute Gasteiger partial charge is 0.269 e. The molecule has 3 rings (SSSR count). The molecule has 0 saturated heterocycles. The standard InChI is InChI=1S/C23H28N6O3.C12H24N2/c1-13-7-8-15(12-27-13)16-5-4-6-17(21(16)32-3)28-18(20(25)23(31)26-2)11-19(24)29-22(30)14-9-10-14;1-6-8-9-10-12(13(3)4)11-14(5)7-2/h4-8,11-12,14,28H,9-10,24-25H2,1-3H3,(H,26,31)(H,29,30);8-10H,6-7,11H2,1-5H3/b19-11+,20-18+;9-8-,12-10-. The number of nitrogens with two attached hydrogens (primary N) is 2. The minimum absolute atomic E-state index is 0.0153. The van der Waals surface area contributed by atoms with Gasteiger partial charge in [0, 0.05) is 68.4 Å². The number of benzene rings is 1. The summed E-state index contributed by atoms with van der Waals surface area (Å²) in [7, 11) is 9.35. The van der Waals surface area contributed by atoms with Crippen molar-refractivity contribution in [1.82, 2.24) is 25.4 Å². The number of nitrogens with zero attached hydrogens (tertiary/aromatic N) is 3. The highest BCUT2D eigenvalue weighted by atomic mass is 16.5. The lowest BCUT2D eigenvalue weighted by Crippen LogP contribution is -2.31. The summed E-state index contributed by atoms with van der Waals surface area (Å²) in [5.74, 6) is -0.0482. The number of para-hydroxylation sites is 1. The van der Waals surface area contributed by atoms with Crippen molar-refractivity contribution < 1.29 is 14.3 Å². The molecular formula is C35H52N8O3. The van der Waals surface area contributed by atoms with Crippen LogP contribution in [0.2, 0.25) is 0 Å². The maximum Gasteiger partial charge on any atom is 0.269 e. The fourth-order valence-electron chi connectivity index (χ4n) is 4.12. The van der Waals surface area contributed by atoms with E-state index in [-0.39, 0.29) is 29.0 Å². The maximum absolute atomic E-state index is 12.2. The molecule has 0 radical (unpaired) electrons. The lowest BCUT2D eigenvalue weighted by Gasteiger charge is -2.22. The highest BCUT2D eigenvalue weighted by Gasteiger charge is 2.29. The number of methoxy groups -OCH3 is 1. The lowest BCUT2D eigenvalue weighted by atomic mass is 10.0. The number of carbonyl (C=O) groups is 2. The van der Waals surface area contributed by atoms with E-state index >= 15 is 0 Å². The summed E-state index contributed by atoms with van der Waals surface area (Å²) in [5, 5.41) is 8.25. The van der Waals surface area contributed by atoms with E-state index in [4.69, 9.17) is 16.2 Å². The highest BCUT2D eigenvalue weighted by molar-refractivity contribution is 5.94. The molecule has 46 heavy (non-hydrogen) atoms. The van der Waals surface area contributed by atoms with Crippen LogP contribution in [0.5, 0.6) is 5.75 Å². The van der Waals surface area contributed by atoms with Gasteiger partial charge in [-0.2, -0.15) is 0 Å². The molecule has 0 spiro atoms. The average Bonchev–Trinajstić information content (AvgIpc) is 3.90. The van der Waals surface area contributed by atoms with Crippen LogP contribution in [0.15, 0.2) is 83.7 Å². The first kappa shape index (κ1) is 37.4. The van der Waals surface area contributed by atoms with Gasteiger partial charge in [-0.15, -0.1) is 0 Å². The summed E-state index contributed by atoms with van der Waals surface area (Å²) in [6, 6.07) is 9.40. The Morgan fingerprint density at radius 2 is 1.83 bits per heavy atom. The van der Waals surface area contributed by atoms with Crippen molar-refractivity contribution >= 4 is 17.5 Å². The first-order chi connectivity index (χ1) is 21.9. The van der Waals surface area contributed by atoms with Gasteiger partial charge in [0.25, 0.3) is 5.91 Å². The van der Waals surface area contributed by atoms with E-state index in [1.165, 1.54) is 18.8 Å². The number of ether oxygens (including phenoxy) is 1. The van der Waals surface area contributed by atoms with Crippen LogP contribution >= 0.6 is 0 Å². The van der Waals surface area contributed by atoms with Gasteiger partial charge in [0.1, 0.15) is 17.3 Å². The zero-order valence-corrected chi connectivity index (χ0v) is 28.6. The summed E-state index contributed by atoms with van der Waals surface area (Å²) in [6.45, 7) is 8.34. The van der Waals surface area contributed by atoms with Crippen molar-refractivity contribution in [2.24, 2.45) is 17.4 Å². The Bertz CT molecular complexity index is 1420. The van der Waals surface area contributed by atoms with Gasteiger partial charge >= 0.3 is 0 Å². The third-order valence-electron chi connectivity index (χ3n) is 7.19. The molecule has 7 N–H and O–H groups in total. The van der Waals surface area contributed by atoms with Crippen LogP contribution in [0.3, 0.4) is 0 Å². The van der Waals surface area contributed by atoms with Crippen LogP contribution in [0.1, 0.15) is 38.8 Å². The molecule has 1 aromatic carbocycles. The van der Waals surface area contributed by atoms with Crippen molar-refractivity contribution in [3.8, 4) is 16.9 Å². The number of nitrogens with one attached hydrogen (secondary N) is 3. The Balaban J connectivity index is 0.000000444. The fraction of sp³-hybridized carbons (Fsp3) is 0.400. The van der Waals surface area contributed by atoms with E-state index in [0.29, 0.717) is 11.4 Å². The van der Waals surface area contributed by atoms with Gasteiger partial charge < -0.3 is 42.0 Å². The number of hydrogen-bond donors (Lipinski definition) is 5. The number of aryl methyl sites for hydroxylation is 1. The minimum Gasteiger partial charge on any atom is -0.494 e. The van der Waals surface area contributed by atoms with E-state index < -0.39 is 5.91 Å². The zero-order chi connectivity index (χ0) is 34.2. The van der Waals surface area contributed by atoms with Crippen LogP contribution in [0.25, 0.3) is 11.1 Å². The van der Waals surface area contributed by atoms with Crippen LogP contribution < -0.4 is 32.2 Å². The van der Waals surface area contributed by atoms with Crippen molar-refractivity contribution in [3.63, 3.8) is 0 Å². The number of anilines is 1. The van der Waals surface area contributed by atoms with E-state index in [1.54, 1.807) is 19.4 Å². The molecule has 250 valence electrons. The second kappa shape index (κ2) is 18.9. The summed E-state index contributed by atoms with van der Waals surface area (Å²) in [4.78, 5) is 33.1. The number of pyridine rings is 1. The summed E-state index contributed by atoms with van der Waals surface area (Å²) < 4.78 is 5.66. The highest BCUT2D eigenvalue weighted by Crippen LogP contribution is 2.37. The van der Waals surface area contributed by atoms with Gasteiger partial charge in [0.05, 0.1) is 18.5 Å². The molecule has 1 aromatic heterocycles. The molecule has 11 nitrogen and oxygen atoms in total. The molecule has 1 fully saturated rings. The summed E-state index contributed by atoms with van der Waals surface area (Å²) in [6.07, 6.45) is 12.5. The van der Waals surface area contributed by atoms with E-state index in [2.05, 4.69) is 84.0 Å². The molecule has 1 aliphatic carbocycles. The van der Waals surface area contributed by atoms with Crippen molar-refractivity contribution in [3.05, 3.63) is 89.4 Å². The van der Waals surface area contributed by atoms with Crippen LogP contribution in [0, 0.1) is 12.8 Å². The first-order valence-corrected chi connectivity index (χ1v) is 15.5. The average molecular weight is 633 g/mol. The molecule has 1 saturated carbocycles. The third kappa shape index (κ3) is 12.0. The topological polar surface area (TPSA) is 151 Å². The second-order valence-corrected chi connectivity index (χ2v) is 11.2. The normalized spacial score (nSPS) is 13.8. The molecule has 0 aliphatic heterocycles. The molecule has 0 atom stereocenters. The van der Waals surface area contributed by atoms with E-state index in [9.17, 15) is 9.59 Å². The van der Waals surface area contributed by atoms with Gasteiger partial charge in [0.2, 0.25) is 5.91 Å². The monoisotopic (exact) mass is 632 g/mol. The van der Waals surface area contributed by atoms with Crippen molar-refractivity contribution in [1.29, 1.82) is 0 Å². The van der Waals surface area contributed by atoms with Crippen molar-refractivity contribution in [2.45, 2.75) is 40.0 Å². The molecule has 0 unspecified atom stereocenters. The second-order valence-electron chi connectivity index (χ2n) is 11.2. The van der Waals surface area contributed by atoms with Crippen LogP contribution in [-0.4, -0.2) is 75.0 Å². The quantitative estimate of drug-likeness (QED) is 0.153. The summed E-state index contributed by atoms with van der Waals surface area (Å²) in [5.41, 5.74) is 16.7. The van der Waals surface area contributed by atoms with Gasteiger partial charge in [-0.1, -0.05) is 44.2 Å². The Kier molecular flexibility index (Phi) is 15.4. The number of carbonyl (C=O) groups excluding carboxylic acids is 2. The number of allylic oxidation sites excluding steroid dienone is 4. The molecule has 2 aromatic rings. The van der Waals surface area contributed by atoms with E-state index in [1.807, 2.05) is 31.2 Å². The summed E-state index contributed by atoms with van der Waals surface area (Å²) >= 11 is 0. The predicted octanol–water partition coefficient (Wildman–Crippen LogP) is 4.07. The number of likely N-dealkylation sites (N-methyl/N-ethyl adjacent to an activating group) is 3. The number of aromatic nitrogens is 1. The molecule has 2 amide bonds. The molecule has 1 aliphatic rings. The first-order valence-electron chi connectivity index (χ1n) is 15.5. The Hall–Kier alpha value is -4.77. The number of rotatable bonds is 14. The molecule has 0 bridgehead atoms. The number of amides is 2. The van der Waals surface area contributed by atoms with Gasteiger partial charge in [-0.25, -0.2) is 0 Å². The van der Waals surface area contributed by atoms with Gasteiger partial charge in [-0.05, 0) is 58.0 Å². The molecular weight excluding hydrogens is 580 g/mol. The zero-order valence-electron chi connectivity index (χ0n) is 28.6. The van der Waals surface area contributed by atoms with Crippen LogP contribution in [-0.2, 0) is 9.59 Å². The lowest BCUT2D eigenvalue weighted by molar-refractivity contribution is -0.121. The van der Waals surface area contributed by atoms with Gasteiger partial charge in [0.15, 0.2) is 0 Å². The Morgan fingerprint density at radius 1 is 1.11 bits per heavy atom. The third-order valence-corrected chi connectivity index (χ3v) is 7.19. The predicted molar refractivity (Wildman–Crippen MR) is 187 cm³/mol. The number of hydrogen-bond acceptors (Lipinski definition) is 9. The minimum atomic E-state index is -0.497. The largest absolute Gasteiger partial charge is 0.494 e. The fourth-order valence-corrected chi connectivity index (χ4v) is 4.12. The molecule has 11 heteroatoms. The van der Waals surface area contributed by atoms with Crippen LogP contribution in [0.4, 0.5) is 5.69 Å². The Labute approximate surface area is 274 Å². The molecule has 1 heterocycles. The van der Waals surface area contributed by atoms with E-state index in [0.717, 1.165) is 49.2 Å². The Morgan fingerprint density at radius 3 is 2.37 bits per heavy atom. The van der Waals surface area contributed by atoms with Crippen molar-refractivity contribution in [2.75, 3.05) is 53.7 Å². The van der Waals surface area contributed by atoms with Gasteiger partial charge in [-0.3, -0.25) is 14.6 Å². The SMILES string of the molecule is CC/C=C\C=C(\CN(C)CC)N(C)C.CNC(=O)/C(N)=C(/C=C(\N)NC(=O)C1CC1)Nc1cccc(-c2ccc(C)nc2)c1OC.